The molecule has 102 valence electrons. The highest BCUT2D eigenvalue weighted by molar-refractivity contribution is 5.11. The van der Waals surface area contributed by atoms with Crippen molar-refractivity contribution in [2.24, 2.45) is 0 Å². The van der Waals surface area contributed by atoms with Gasteiger partial charge in [0.25, 0.3) is 0 Å². The van der Waals surface area contributed by atoms with Crippen LogP contribution >= 0.6 is 0 Å². The molecule has 1 aliphatic heterocycles. The van der Waals surface area contributed by atoms with Crippen molar-refractivity contribution in [2.75, 3.05) is 13.2 Å². The highest BCUT2D eigenvalue weighted by Gasteiger charge is 2.17. The Morgan fingerprint density at radius 3 is 3.11 bits per heavy atom. The van der Waals surface area contributed by atoms with E-state index in [4.69, 9.17) is 9.15 Å². The van der Waals surface area contributed by atoms with Gasteiger partial charge in [0.15, 0.2) is 0 Å². The second-order valence-electron chi connectivity index (χ2n) is 5.13. The van der Waals surface area contributed by atoms with Gasteiger partial charge in [-0.25, -0.2) is 0 Å². The van der Waals surface area contributed by atoms with Crippen molar-refractivity contribution in [3.05, 3.63) is 24.2 Å². The van der Waals surface area contributed by atoms with Gasteiger partial charge < -0.3 is 14.5 Å². The average Bonchev–Trinajstić information content (AvgIpc) is 3.05. The minimum atomic E-state index is 0.435. The van der Waals surface area contributed by atoms with Gasteiger partial charge in [0, 0.05) is 18.2 Å². The first-order chi connectivity index (χ1) is 8.90. The fourth-order valence-corrected chi connectivity index (χ4v) is 2.60. The molecule has 0 radical (unpaired) electrons. The summed E-state index contributed by atoms with van der Waals surface area (Å²) in [5.41, 5.74) is 1.27. The van der Waals surface area contributed by atoms with E-state index in [1.807, 2.05) is 6.26 Å². The Morgan fingerprint density at radius 1 is 1.50 bits per heavy atom. The van der Waals surface area contributed by atoms with Crippen molar-refractivity contribution < 1.29 is 9.15 Å². The molecule has 3 nitrogen and oxygen atoms in total. The minimum absolute atomic E-state index is 0.435. The van der Waals surface area contributed by atoms with Gasteiger partial charge in [0.2, 0.25) is 0 Å². The van der Waals surface area contributed by atoms with E-state index in [1.54, 1.807) is 6.26 Å². The largest absolute Gasteiger partial charge is 0.472 e. The summed E-state index contributed by atoms with van der Waals surface area (Å²) in [5.74, 6) is 0. The molecule has 1 N–H and O–H groups in total. The van der Waals surface area contributed by atoms with Crippen molar-refractivity contribution in [1.82, 2.24) is 5.32 Å². The Kier molecular flexibility index (Phi) is 5.75. The summed E-state index contributed by atoms with van der Waals surface area (Å²) in [6.07, 6.45) is 11.4. The van der Waals surface area contributed by atoms with Crippen molar-refractivity contribution >= 4 is 0 Å². The molecule has 0 amide bonds. The van der Waals surface area contributed by atoms with Crippen molar-refractivity contribution in [1.29, 1.82) is 0 Å². The Bertz CT molecular complexity index is 304. The lowest BCUT2D eigenvalue weighted by Crippen LogP contribution is -2.22. The van der Waals surface area contributed by atoms with E-state index in [-0.39, 0.29) is 0 Å². The maximum absolute atomic E-state index is 5.67. The molecular weight excluding hydrogens is 226 g/mol. The van der Waals surface area contributed by atoms with Crippen molar-refractivity contribution in [3.63, 3.8) is 0 Å². The Hall–Kier alpha value is -0.800. The number of nitrogens with one attached hydrogen (secondary N) is 1. The van der Waals surface area contributed by atoms with E-state index in [0.29, 0.717) is 12.1 Å². The van der Waals surface area contributed by atoms with Crippen LogP contribution in [0.3, 0.4) is 0 Å². The van der Waals surface area contributed by atoms with E-state index in [1.165, 1.54) is 44.1 Å². The summed E-state index contributed by atoms with van der Waals surface area (Å²) >= 11 is 0. The second kappa shape index (κ2) is 7.59. The van der Waals surface area contributed by atoms with Crippen LogP contribution in [0.2, 0.25) is 0 Å². The lowest BCUT2D eigenvalue weighted by Gasteiger charge is -2.18. The molecule has 1 fully saturated rings. The zero-order valence-corrected chi connectivity index (χ0v) is 11.4. The molecule has 0 bridgehead atoms. The molecule has 1 saturated heterocycles. The van der Waals surface area contributed by atoms with E-state index < -0.39 is 0 Å². The van der Waals surface area contributed by atoms with Gasteiger partial charge in [-0.15, -0.1) is 0 Å². The SMILES string of the molecule is CCCNC(CCCC1CCCO1)c1ccoc1. The van der Waals surface area contributed by atoms with Gasteiger partial charge in [0.05, 0.1) is 18.6 Å². The lowest BCUT2D eigenvalue weighted by molar-refractivity contribution is 0.101. The summed E-state index contributed by atoms with van der Waals surface area (Å²) in [6, 6.07) is 2.50. The van der Waals surface area contributed by atoms with Crippen LogP contribution in [-0.2, 0) is 4.74 Å². The van der Waals surface area contributed by atoms with Gasteiger partial charge in [-0.2, -0.15) is 0 Å². The summed E-state index contributed by atoms with van der Waals surface area (Å²) in [7, 11) is 0. The summed E-state index contributed by atoms with van der Waals surface area (Å²) < 4.78 is 10.9. The highest BCUT2D eigenvalue weighted by atomic mass is 16.5. The number of furan rings is 1. The zero-order chi connectivity index (χ0) is 12.6. The van der Waals surface area contributed by atoms with E-state index in [9.17, 15) is 0 Å². The smallest absolute Gasteiger partial charge is 0.0950 e. The molecule has 2 rings (SSSR count). The van der Waals surface area contributed by atoms with Crippen LogP contribution in [0.5, 0.6) is 0 Å². The van der Waals surface area contributed by atoms with Crippen LogP contribution in [0.4, 0.5) is 0 Å². The standard InChI is InChI=1S/C15H25NO2/c1-2-9-16-15(13-8-11-17-12-13)7-3-5-14-6-4-10-18-14/h8,11-12,14-16H,2-7,9-10H2,1H3. The second-order valence-corrected chi connectivity index (χ2v) is 5.13. The highest BCUT2D eigenvalue weighted by Crippen LogP contribution is 2.23. The Morgan fingerprint density at radius 2 is 2.44 bits per heavy atom. The van der Waals surface area contributed by atoms with E-state index in [0.717, 1.165) is 13.2 Å². The first-order valence-corrected chi connectivity index (χ1v) is 7.27. The first kappa shape index (κ1) is 13.6. The summed E-state index contributed by atoms with van der Waals surface area (Å²) in [5, 5.41) is 3.60. The monoisotopic (exact) mass is 251 g/mol. The topological polar surface area (TPSA) is 34.4 Å². The Labute approximate surface area is 110 Å². The predicted octanol–water partition coefficient (Wildman–Crippen LogP) is 3.67. The fraction of sp³-hybridized carbons (Fsp3) is 0.733. The first-order valence-electron chi connectivity index (χ1n) is 7.27. The molecule has 18 heavy (non-hydrogen) atoms. The number of hydrogen-bond acceptors (Lipinski definition) is 3. The third-order valence-electron chi connectivity index (χ3n) is 3.63. The van der Waals surface area contributed by atoms with Crippen LogP contribution < -0.4 is 5.32 Å². The van der Waals surface area contributed by atoms with Crippen LogP contribution in [0.25, 0.3) is 0 Å². The molecule has 2 unspecified atom stereocenters. The molecule has 1 aliphatic rings. The molecule has 1 aromatic heterocycles. The van der Waals surface area contributed by atoms with E-state index >= 15 is 0 Å². The quantitative estimate of drug-likeness (QED) is 0.765. The zero-order valence-electron chi connectivity index (χ0n) is 11.4. The molecule has 0 aromatic carbocycles. The Balaban J connectivity index is 1.74. The van der Waals surface area contributed by atoms with Gasteiger partial charge >= 0.3 is 0 Å². The third kappa shape index (κ3) is 4.14. The molecule has 3 heteroatoms. The molecule has 0 aliphatic carbocycles. The number of rotatable bonds is 8. The summed E-state index contributed by atoms with van der Waals surface area (Å²) in [4.78, 5) is 0. The fourth-order valence-electron chi connectivity index (χ4n) is 2.60. The molecule has 2 heterocycles. The maximum Gasteiger partial charge on any atom is 0.0950 e. The molecule has 0 saturated carbocycles. The normalized spacial score (nSPS) is 21.3. The summed E-state index contributed by atoms with van der Waals surface area (Å²) in [6.45, 7) is 4.23. The van der Waals surface area contributed by atoms with Gasteiger partial charge in [-0.1, -0.05) is 6.92 Å². The van der Waals surface area contributed by atoms with Crippen molar-refractivity contribution in [2.45, 2.75) is 57.6 Å². The maximum atomic E-state index is 5.67. The molecule has 1 aromatic rings. The average molecular weight is 251 g/mol. The van der Waals surface area contributed by atoms with Gasteiger partial charge in [-0.05, 0) is 51.1 Å². The predicted molar refractivity (Wildman–Crippen MR) is 72.6 cm³/mol. The van der Waals surface area contributed by atoms with Crippen molar-refractivity contribution in [3.8, 4) is 0 Å². The molecule has 0 spiro atoms. The molecular formula is C15H25NO2. The van der Waals surface area contributed by atoms with Gasteiger partial charge in [0.1, 0.15) is 0 Å². The van der Waals surface area contributed by atoms with E-state index in [2.05, 4.69) is 18.3 Å². The lowest BCUT2D eigenvalue weighted by atomic mass is 10.0. The molecule has 2 atom stereocenters. The number of ether oxygens (including phenoxy) is 1. The van der Waals surface area contributed by atoms with Gasteiger partial charge in [-0.3, -0.25) is 0 Å². The third-order valence-corrected chi connectivity index (χ3v) is 3.63. The van der Waals surface area contributed by atoms with Crippen LogP contribution in [-0.4, -0.2) is 19.3 Å². The number of hydrogen-bond donors (Lipinski definition) is 1. The van der Waals surface area contributed by atoms with Crippen LogP contribution in [0.15, 0.2) is 23.0 Å². The van der Waals surface area contributed by atoms with Crippen LogP contribution in [0, 0.1) is 0 Å². The minimum Gasteiger partial charge on any atom is -0.472 e. The van der Waals surface area contributed by atoms with Crippen LogP contribution in [0.1, 0.15) is 57.1 Å².